The minimum Gasteiger partial charge on any atom is -0.436 e. The summed E-state index contributed by atoms with van der Waals surface area (Å²) in [6, 6.07) is 51.5. The van der Waals surface area contributed by atoms with Gasteiger partial charge in [-0.25, -0.2) is 24.9 Å². The molecule has 0 bridgehead atoms. The van der Waals surface area contributed by atoms with Gasteiger partial charge >= 0.3 is 0 Å². The van der Waals surface area contributed by atoms with Crippen molar-refractivity contribution in [2.75, 3.05) is 0 Å². The predicted octanol–water partition coefficient (Wildman–Crippen LogP) is 10.7. The molecule has 7 aromatic carbocycles. The Kier molecular flexibility index (Phi) is 6.08. The lowest BCUT2D eigenvalue weighted by Gasteiger charge is -2.13. The van der Waals surface area contributed by atoms with Gasteiger partial charge < -0.3 is 4.42 Å². The molecule has 0 saturated heterocycles. The molecule has 49 heavy (non-hydrogen) atoms. The van der Waals surface area contributed by atoms with E-state index in [1.54, 1.807) is 0 Å². The molecule has 0 aliphatic rings. The zero-order valence-electron chi connectivity index (χ0n) is 26.1. The molecule has 10 rings (SSSR count). The molecule has 0 aliphatic heterocycles. The molecule has 0 unspecified atom stereocenters. The van der Waals surface area contributed by atoms with E-state index >= 15 is 0 Å². The molecule has 0 radical (unpaired) electrons. The molecule has 3 heterocycles. The van der Waals surface area contributed by atoms with Crippen molar-refractivity contribution >= 4 is 54.8 Å². The first-order chi connectivity index (χ1) is 24.3. The van der Waals surface area contributed by atoms with Crippen molar-refractivity contribution in [3.05, 3.63) is 152 Å². The third-order valence-electron chi connectivity index (χ3n) is 9.14. The van der Waals surface area contributed by atoms with E-state index in [-0.39, 0.29) is 0 Å². The van der Waals surface area contributed by atoms with E-state index < -0.39 is 0 Å². The van der Waals surface area contributed by atoms with Crippen LogP contribution in [0.5, 0.6) is 0 Å². The topological polar surface area (TPSA) is 77.6 Å². The Hall–Kier alpha value is -6.79. The summed E-state index contributed by atoms with van der Waals surface area (Å²) in [4.78, 5) is 24.6. The van der Waals surface area contributed by atoms with E-state index in [9.17, 15) is 0 Å². The lowest BCUT2D eigenvalue weighted by atomic mass is 9.93. The van der Waals surface area contributed by atoms with Gasteiger partial charge in [0.05, 0.1) is 16.4 Å². The molecule has 10 aromatic rings. The van der Waals surface area contributed by atoms with Crippen LogP contribution in [0.1, 0.15) is 0 Å². The van der Waals surface area contributed by atoms with Crippen LogP contribution < -0.4 is 0 Å². The highest BCUT2D eigenvalue weighted by molar-refractivity contribution is 6.18. The number of fused-ring (bicyclic) bond motifs is 7. The van der Waals surface area contributed by atoms with Crippen LogP contribution in [-0.2, 0) is 0 Å². The third kappa shape index (κ3) is 4.53. The number of aromatic nitrogens is 5. The van der Waals surface area contributed by atoms with Gasteiger partial charge in [-0.05, 0) is 63.0 Å². The first-order valence-corrected chi connectivity index (χ1v) is 16.2. The molecule has 0 amide bonds. The second-order valence-corrected chi connectivity index (χ2v) is 12.1. The van der Waals surface area contributed by atoms with Gasteiger partial charge in [-0.15, -0.1) is 0 Å². The standard InChI is InChI=1S/C43H25N5O/c1-3-11-26(12-4-1)40-46-41(27-13-5-2-6-14-27)48-42(47-40)34-23-22-30(32-15-7-8-16-33(32)34)28-19-21-31-29(25-28)20-24-37-38(31)39-43(49-37)45-36-18-10-9-17-35(36)44-39/h1-25H. The summed E-state index contributed by atoms with van der Waals surface area (Å²) < 4.78 is 6.18. The highest BCUT2D eigenvalue weighted by Gasteiger charge is 2.18. The molecule has 0 spiro atoms. The number of hydrogen-bond acceptors (Lipinski definition) is 6. The van der Waals surface area contributed by atoms with E-state index in [1.807, 2.05) is 91.0 Å². The lowest BCUT2D eigenvalue weighted by molar-refractivity contribution is 0.655. The number of hydrogen-bond donors (Lipinski definition) is 0. The van der Waals surface area contributed by atoms with Crippen LogP contribution in [0.25, 0.3) is 100 Å². The maximum atomic E-state index is 6.18. The van der Waals surface area contributed by atoms with Crippen molar-refractivity contribution in [2.24, 2.45) is 0 Å². The summed E-state index contributed by atoms with van der Waals surface area (Å²) >= 11 is 0. The fraction of sp³-hybridized carbons (Fsp3) is 0. The highest BCUT2D eigenvalue weighted by atomic mass is 16.3. The van der Waals surface area contributed by atoms with Crippen molar-refractivity contribution in [3.8, 4) is 45.3 Å². The highest BCUT2D eigenvalue weighted by Crippen LogP contribution is 2.39. The lowest BCUT2D eigenvalue weighted by Crippen LogP contribution is -2.00. The molecular weight excluding hydrogens is 603 g/mol. The quantitative estimate of drug-likeness (QED) is 0.193. The number of furan rings is 1. The monoisotopic (exact) mass is 627 g/mol. The molecule has 228 valence electrons. The Morgan fingerprint density at radius 3 is 1.69 bits per heavy atom. The van der Waals surface area contributed by atoms with E-state index in [1.165, 1.54) is 0 Å². The fourth-order valence-corrected chi connectivity index (χ4v) is 6.80. The molecular formula is C43H25N5O. The van der Waals surface area contributed by atoms with Crippen LogP contribution >= 0.6 is 0 Å². The summed E-state index contributed by atoms with van der Waals surface area (Å²) in [5.41, 5.74) is 8.87. The molecule has 0 N–H and O–H groups in total. The van der Waals surface area contributed by atoms with Crippen molar-refractivity contribution in [2.45, 2.75) is 0 Å². The summed E-state index contributed by atoms with van der Waals surface area (Å²) in [5.74, 6) is 1.92. The van der Waals surface area contributed by atoms with Crippen molar-refractivity contribution in [1.82, 2.24) is 24.9 Å². The van der Waals surface area contributed by atoms with Gasteiger partial charge in [0.1, 0.15) is 11.1 Å². The Balaban J connectivity index is 1.14. The van der Waals surface area contributed by atoms with Gasteiger partial charge in [-0.2, -0.15) is 0 Å². The third-order valence-corrected chi connectivity index (χ3v) is 9.14. The van der Waals surface area contributed by atoms with E-state index in [0.29, 0.717) is 23.2 Å². The molecule has 0 fully saturated rings. The Morgan fingerprint density at radius 2 is 0.980 bits per heavy atom. The summed E-state index contributed by atoms with van der Waals surface area (Å²) in [7, 11) is 0. The number of rotatable bonds is 4. The zero-order valence-corrected chi connectivity index (χ0v) is 26.1. The van der Waals surface area contributed by atoms with Gasteiger partial charge in [0.2, 0.25) is 5.71 Å². The molecule has 0 atom stereocenters. The van der Waals surface area contributed by atoms with Crippen molar-refractivity contribution in [1.29, 1.82) is 0 Å². The van der Waals surface area contributed by atoms with E-state index in [0.717, 1.165) is 76.9 Å². The molecule has 6 heteroatoms. The van der Waals surface area contributed by atoms with Crippen LogP contribution in [-0.4, -0.2) is 24.9 Å². The van der Waals surface area contributed by atoms with Gasteiger partial charge in [0.25, 0.3) is 0 Å². The largest absolute Gasteiger partial charge is 0.436 e. The normalized spacial score (nSPS) is 11.7. The Labute approximate surface area is 280 Å². The zero-order chi connectivity index (χ0) is 32.3. The molecule has 6 nitrogen and oxygen atoms in total. The molecule has 0 saturated carbocycles. The Morgan fingerprint density at radius 1 is 0.388 bits per heavy atom. The minimum absolute atomic E-state index is 0.552. The molecule has 3 aromatic heterocycles. The number of benzene rings is 7. The average Bonchev–Trinajstić information content (AvgIpc) is 3.54. The van der Waals surface area contributed by atoms with E-state index in [2.05, 4.69) is 60.7 Å². The second kappa shape index (κ2) is 10.9. The van der Waals surface area contributed by atoms with Gasteiger partial charge in [-0.1, -0.05) is 121 Å². The predicted molar refractivity (Wildman–Crippen MR) is 197 cm³/mol. The first-order valence-electron chi connectivity index (χ1n) is 16.2. The van der Waals surface area contributed by atoms with Crippen LogP contribution in [0.2, 0.25) is 0 Å². The number of nitrogens with zero attached hydrogens (tertiary/aromatic N) is 5. The maximum Gasteiger partial charge on any atom is 0.246 e. The Bertz CT molecular complexity index is 2830. The van der Waals surface area contributed by atoms with Crippen LogP contribution in [0.15, 0.2) is 156 Å². The van der Waals surface area contributed by atoms with Gasteiger partial charge in [0, 0.05) is 16.7 Å². The number of para-hydroxylation sites is 2. The van der Waals surface area contributed by atoms with Crippen LogP contribution in [0.3, 0.4) is 0 Å². The van der Waals surface area contributed by atoms with Crippen LogP contribution in [0, 0.1) is 0 Å². The fourth-order valence-electron chi connectivity index (χ4n) is 6.80. The summed E-state index contributed by atoms with van der Waals surface area (Å²) in [5, 5.41) is 5.36. The van der Waals surface area contributed by atoms with E-state index in [4.69, 9.17) is 29.3 Å². The first kappa shape index (κ1) is 27.3. The summed E-state index contributed by atoms with van der Waals surface area (Å²) in [6.45, 7) is 0. The van der Waals surface area contributed by atoms with Crippen molar-refractivity contribution < 1.29 is 4.42 Å². The van der Waals surface area contributed by atoms with Gasteiger partial charge in [0.15, 0.2) is 17.5 Å². The smallest absolute Gasteiger partial charge is 0.246 e. The molecule has 0 aliphatic carbocycles. The second-order valence-electron chi connectivity index (χ2n) is 12.1. The van der Waals surface area contributed by atoms with Gasteiger partial charge in [-0.3, -0.25) is 0 Å². The van der Waals surface area contributed by atoms with Crippen LogP contribution in [0.4, 0.5) is 0 Å². The average molecular weight is 628 g/mol. The SMILES string of the molecule is c1ccc(-c2nc(-c3ccccc3)nc(-c3ccc(-c4ccc5c(ccc6oc7nc8ccccc8nc7c65)c4)c4ccccc34)n2)cc1. The van der Waals surface area contributed by atoms with Crippen molar-refractivity contribution in [3.63, 3.8) is 0 Å². The maximum absolute atomic E-state index is 6.18. The minimum atomic E-state index is 0.552. The summed E-state index contributed by atoms with van der Waals surface area (Å²) in [6.07, 6.45) is 0.